The van der Waals surface area contributed by atoms with Gasteiger partial charge in [-0.15, -0.1) is 0 Å². The molecule has 1 aliphatic heterocycles. The molecule has 0 spiro atoms. The third kappa shape index (κ3) is 5.80. The van der Waals surface area contributed by atoms with Gasteiger partial charge >= 0.3 is 6.09 Å². The second kappa shape index (κ2) is 9.69. The van der Waals surface area contributed by atoms with Crippen molar-refractivity contribution >= 4 is 18.4 Å². The van der Waals surface area contributed by atoms with Gasteiger partial charge < -0.3 is 14.4 Å². The summed E-state index contributed by atoms with van der Waals surface area (Å²) in [4.78, 5) is 17.8. The number of fused-ring (bicyclic) bond motifs is 1. The first-order valence-electron chi connectivity index (χ1n) is 9.73. The first-order chi connectivity index (χ1) is 13.3. The maximum atomic E-state index is 12.4. The number of hydrogen-bond donors (Lipinski definition) is 0. The lowest BCUT2D eigenvalue weighted by Gasteiger charge is -2.28. The van der Waals surface area contributed by atoms with Gasteiger partial charge in [-0.25, -0.2) is 4.79 Å². The van der Waals surface area contributed by atoms with Crippen LogP contribution in [0.25, 0.3) is 5.57 Å². The van der Waals surface area contributed by atoms with Crippen LogP contribution >= 0.6 is 0 Å². The van der Waals surface area contributed by atoms with Gasteiger partial charge in [0.15, 0.2) is 0 Å². The SMILES string of the molecule is C=N/C=C\C(=C/C)c1cccc2c1CCCOC2CN(C)C(=O)OC(C)(C)C. The number of likely N-dealkylation sites (N-methyl/N-ethyl adjacent to an activating group) is 1. The highest BCUT2D eigenvalue weighted by atomic mass is 16.6. The predicted octanol–water partition coefficient (Wildman–Crippen LogP) is 5.18. The lowest BCUT2D eigenvalue weighted by molar-refractivity contribution is 0.00409. The Morgan fingerprint density at radius 1 is 1.43 bits per heavy atom. The van der Waals surface area contributed by atoms with Crippen molar-refractivity contribution in [1.82, 2.24) is 4.90 Å². The zero-order chi connectivity index (χ0) is 20.7. The molecule has 1 heterocycles. The zero-order valence-electron chi connectivity index (χ0n) is 17.7. The topological polar surface area (TPSA) is 51.1 Å². The van der Waals surface area contributed by atoms with Gasteiger partial charge in [-0.05, 0) is 75.6 Å². The minimum Gasteiger partial charge on any atom is -0.444 e. The van der Waals surface area contributed by atoms with Crippen molar-refractivity contribution in [1.29, 1.82) is 0 Å². The molecule has 1 aromatic carbocycles. The fourth-order valence-corrected chi connectivity index (χ4v) is 3.31. The number of carbonyl (C=O) groups is 1. The van der Waals surface area contributed by atoms with Crippen molar-refractivity contribution in [2.24, 2.45) is 4.99 Å². The van der Waals surface area contributed by atoms with Crippen LogP contribution in [0.15, 0.2) is 41.5 Å². The van der Waals surface area contributed by atoms with Crippen LogP contribution in [0.5, 0.6) is 0 Å². The van der Waals surface area contributed by atoms with Crippen molar-refractivity contribution in [3.8, 4) is 0 Å². The molecule has 0 fully saturated rings. The molecule has 0 N–H and O–H groups in total. The van der Waals surface area contributed by atoms with Crippen LogP contribution < -0.4 is 0 Å². The van der Waals surface area contributed by atoms with Crippen LogP contribution in [0.1, 0.15) is 56.9 Å². The molecule has 1 unspecified atom stereocenters. The van der Waals surface area contributed by atoms with Gasteiger partial charge in [-0.1, -0.05) is 24.3 Å². The van der Waals surface area contributed by atoms with Gasteiger partial charge in [0.2, 0.25) is 0 Å². The second-order valence-electron chi connectivity index (χ2n) is 7.94. The molecule has 2 rings (SSSR count). The van der Waals surface area contributed by atoms with E-state index < -0.39 is 5.60 Å². The van der Waals surface area contributed by atoms with E-state index in [9.17, 15) is 4.79 Å². The van der Waals surface area contributed by atoms with Crippen molar-refractivity contribution in [2.75, 3.05) is 20.2 Å². The molecule has 5 heteroatoms. The summed E-state index contributed by atoms with van der Waals surface area (Å²) in [5, 5.41) is 0. The number of ether oxygens (including phenoxy) is 2. The zero-order valence-corrected chi connectivity index (χ0v) is 17.7. The Labute approximate surface area is 168 Å². The molecular formula is C23H32N2O3. The number of aliphatic imine (C=N–C) groups is 1. The summed E-state index contributed by atoms with van der Waals surface area (Å²) in [5.74, 6) is 0. The first-order valence-corrected chi connectivity index (χ1v) is 9.73. The Morgan fingerprint density at radius 2 is 2.18 bits per heavy atom. The summed E-state index contributed by atoms with van der Waals surface area (Å²) >= 11 is 0. The number of rotatable bonds is 5. The van der Waals surface area contributed by atoms with Crippen molar-refractivity contribution in [3.05, 3.63) is 53.2 Å². The fourth-order valence-electron chi connectivity index (χ4n) is 3.31. The van der Waals surface area contributed by atoms with E-state index in [-0.39, 0.29) is 12.2 Å². The minimum absolute atomic E-state index is 0.186. The van der Waals surface area contributed by atoms with Gasteiger partial charge in [0.1, 0.15) is 11.7 Å². The lowest BCUT2D eigenvalue weighted by atomic mass is 9.90. The third-order valence-electron chi connectivity index (χ3n) is 4.58. The van der Waals surface area contributed by atoms with Crippen LogP contribution in [0.4, 0.5) is 4.79 Å². The Morgan fingerprint density at radius 3 is 2.82 bits per heavy atom. The number of hydrogen-bond acceptors (Lipinski definition) is 4. The summed E-state index contributed by atoms with van der Waals surface area (Å²) in [6.45, 7) is 12.2. The van der Waals surface area contributed by atoms with Crippen molar-refractivity contribution in [2.45, 2.75) is 52.2 Å². The second-order valence-corrected chi connectivity index (χ2v) is 7.94. The largest absolute Gasteiger partial charge is 0.444 e. The molecule has 1 atom stereocenters. The molecule has 152 valence electrons. The van der Waals surface area contributed by atoms with E-state index in [0.29, 0.717) is 13.2 Å². The summed E-state index contributed by atoms with van der Waals surface area (Å²) in [7, 11) is 1.75. The van der Waals surface area contributed by atoms with E-state index in [1.165, 1.54) is 11.1 Å². The maximum Gasteiger partial charge on any atom is 0.410 e. The van der Waals surface area contributed by atoms with E-state index in [2.05, 4.69) is 29.9 Å². The summed E-state index contributed by atoms with van der Waals surface area (Å²) in [5.41, 5.74) is 4.16. The number of benzene rings is 1. The molecule has 0 saturated carbocycles. The van der Waals surface area contributed by atoms with Gasteiger partial charge in [-0.2, -0.15) is 0 Å². The van der Waals surface area contributed by atoms with Crippen LogP contribution in [-0.2, 0) is 15.9 Å². The highest BCUT2D eigenvalue weighted by molar-refractivity contribution is 5.77. The molecular weight excluding hydrogens is 352 g/mol. The van der Waals surface area contributed by atoms with Crippen molar-refractivity contribution in [3.63, 3.8) is 0 Å². The Kier molecular flexibility index (Phi) is 7.58. The van der Waals surface area contributed by atoms with Gasteiger partial charge in [0.05, 0.1) is 6.54 Å². The maximum absolute atomic E-state index is 12.4. The molecule has 0 saturated heterocycles. The summed E-state index contributed by atoms with van der Waals surface area (Å²) in [6, 6.07) is 6.27. The van der Waals surface area contributed by atoms with Gasteiger partial charge in [0, 0.05) is 19.9 Å². The van der Waals surface area contributed by atoms with E-state index in [1.807, 2.05) is 39.8 Å². The van der Waals surface area contributed by atoms with Crippen LogP contribution in [0.3, 0.4) is 0 Å². The smallest absolute Gasteiger partial charge is 0.410 e. The molecule has 1 amide bonds. The summed E-state index contributed by atoms with van der Waals surface area (Å²) < 4.78 is 11.6. The lowest BCUT2D eigenvalue weighted by Crippen LogP contribution is -2.37. The standard InChI is InChI=1S/C23H32N2O3/c1-7-17(13-14-24-5)18-10-8-11-20-19(18)12-9-15-27-21(20)16-25(6)22(26)28-23(2,3)4/h7-8,10-11,13-14,21H,5,9,12,15-16H2,1-4,6H3/b14-13-,17-7+. The molecule has 0 aliphatic carbocycles. The van der Waals surface area contributed by atoms with E-state index in [1.54, 1.807) is 18.1 Å². The predicted molar refractivity (Wildman–Crippen MR) is 115 cm³/mol. The van der Waals surface area contributed by atoms with Crippen molar-refractivity contribution < 1.29 is 14.3 Å². The van der Waals surface area contributed by atoms with Crippen LogP contribution in [-0.4, -0.2) is 43.5 Å². The monoisotopic (exact) mass is 384 g/mol. The normalized spacial score (nSPS) is 17.8. The number of carbonyl (C=O) groups excluding carboxylic acids is 1. The average molecular weight is 385 g/mol. The molecule has 1 aliphatic rings. The minimum atomic E-state index is -0.521. The quantitative estimate of drug-likeness (QED) is 0.519. The van der Waals surface area contributed by atoms with Gasteiger partial charge in [0.25, 0.3) is 0 Å². The van der Waals surface area contributed by atoms with E-state index >= 15 is 0 Å². The van der Waals surface area contributed by atoms with Crippen LogP contribution in [0, 0.1) is 0 Å². The Hall–Kier alpha value is -2.40. The molecule has 1 aromatic rings. The first kappa shape index (κ1) is 21.9. The van der Waals surface area contributed by atoms with E-state index in [0.717, 1.165) is 24.0 Å². The number of nitrogens with zero attached hydrogens (tertiary/aromatic N) is 2. The fraction of sp³-hybridized carbons (Fsp3) is 0.478. The molecule has 0 bridgehead atoms. The Balaban J connectivity index is 2.32. The average Bonchev–Trinajstić information content (AvgIpc) is 2.84. The summed E-state index contributed by atoms with van der Waals surface area (Å²) in [6.07, 6.45) is 7.10. The van der Waals surface area contributed by atoms with Gasteiger partial charge in [-0.3, -0.25) is 4.99 Å². The molecule has 0 aromatic heterocycles. The number of allylic oxidation sites excluding steroid dienone is 3. The molecule has 5 nitrogen and oxygen atoms in total. The van der Waals surface area contributed by atoms with Crippen LogP contribution in [0.2, 0.25) is 0 Å². The molecule has 28 heavy (non-hydrogen) atoms. The third-order valence-corrected chi connectivity index (χ3v) is 4.58. The van der Waals surface area contributed by atoms with E-state index in [4.69, 9.17) is 9.47 Å². The molecule has 0 radical (unpaired) electrons. The highest BCUT2D eigenvalue weighted by Crippen LogP contribution is 2.33. The highest BCUT2D eigenvalue weighted by Gasteiger charge is 2.26. The Bertz CT molecular complexity index is 760. The number of amides is 1.